The maximum atomic E-state index is 13.3. The van der Waals surface area contributed by atoms with E-state index in [0.717, 1.165) is 22.3 Å². The number of nitrogens with zero attached hydrogens (tertiary/aromatic N) is 2. The van der Waals surface area contributed by atoms with Gasteiger partial charge in [-0.1, -0.05) is 46.5 Å². The zero-order valence-corrected chi connectivity index (χ0v) is 19.2. The summed E-state index contributed by atoms with van der Waals surface area (Å²) in [6.45, 7) is 7.62. The maximum Gasteiger partial charge on any atom is 0.289 e. The average molecular weight is 453 g/mol. The van der Waals surface area contributed by atoms with Crippen LogP contribution >= 0.6 is 0 Å². The van der Waals surface area contributed by atoms with Crippen molar-refractivity contribution in [2.45, 2.75) is 37.5 Å². The predicted octanol–water partition coefficient (Wildman–Crippen LogP) is 3.75. The van der Waals surface area contributed by atoms with E-state index in [9.17, 15) is 16.8 Å². The summed E-state index contributed by atoms with van der Waals surface area (Å²) in [5.41, 5.74) is 3.75. The number of sulfonamides is 2. The molecule has 0 saturated heterocycles. The van der Waals surface area contributed by atoms with Crippen molar-refractivity contribution in [1.82, 2.24) is 3.71 Å². The summed E-state index contributed by atoms with van der Waals surface area (Å²) in [7, 11) is -9.24. The lowest BCUT2D eigenvalue weighted by molar-refractivity contribution is 0.548. The van der Waals surface area contributed by atoms with Gasteiger partial charge in [0, 0.05) is 23.2 Å². The van der Waals surface area contributed by atoms with Gasteiger partial charge in [0.25, 0.3) is 20.0 Å². The minimum Gasteiger partial charge on any atom is -0.206 e. The zero-order valence-electron chi connectivity index (χ0n) is 16.8. The van der Waals surface area contributed by atoms with Crippen LogP contribution in [0, 0.1) is 13.8 Å². The van der Waals surface area contributed by atoms with Crippen LogP contribution in [-0.2, 0) is 30.9 Å². The van der Waals surface area contributed by atoms with Crippen LogP contribution in [0.4, 0.5) is 0 Å². The molecule has 2 aromatic rings. The van der Waals surface area contributed by atoms with E-state index in [4.69, 9.17) is 0 Å². The van der Waals surface area contributed by atoms with Crippen molar-refractivity contribution in [3.8, 4) is 0 Å². The number of aryl methyl sites for hydroxylation is 2. The van der Waals surface area contributed by atoms with E-state index in [2.05, 4.69) is 3.77 Å². The molecule has 3 rings (SSSR count). The van der Waals surface area contributed by atoms with Crippen molar-refractivity contribution < 1.29 is 16.8 Å². The molecule has 0 spiro atoms. The zero-order chi connectivity index (χ0) is 21.4. The highest BCUT2D eigenvalue weighted by Gasteiger charge is 2.33. The molecular formula is C20H24N2O4S3. The Hall–Kier alpha value is -1.81. The molecule has 0 aromatic heterocycles. The number of benzene rings is 2. The monoisotopic (exact) mass is 452 g/mol. The second-order valence-electron chi connectivity index (χ2n) is 7.19. The Bertz CT molecular complexity index is 1200. The van der Waals surface area contributed by atoms with Crippen molar-refractivity contribution in [2.24, 2.45) is 3.77 Å². The molecule has 156 valence electrons. The molecule has 0 radical (unpaired) electrons. The van der Waals surface area contributed by atoms with Crippen LogP contribution in [0.25, 0.3) is 0 Å². The number of hydrogen-bond donors (Lipinski definition) is 0. The largest absolute Gasteiger partial charge is 0.289 e. The molecule has 9 heteroatoms. The van der Waals surface area contributed by atoms with Crippen LogP contribution in [0.5, 0.6) is 0 Å². The fourth-order valence-corrected chi connectivity index (χ4v) is 8.75. The van der Waals surface area contributed by atoms with Crippen molar-refractivity contribution in [1.29, 1.82) is 0 Å². The third-order valence-electron chi connectivity index (χ3n) is 4.77. The summed E-state index contributed by atoms with van der Waals surface area (Å²) in [5.74, 6) is 0.266. The quantitative estimate of drug-likeness (QED) is 0.662. The van der Waals surface area contributed by atoms with Gasteiger partial charge in [-0.25, -0.2) is 8.42 Å². The van der Waals surface area contributed by atoms with Gasteiger partial charge in [-0.2, -0.15) is 8.42 Å². The second kappa shape index (κ2) is 8.14. The van der Waals surface area contributed by atoms with Gasteiger partial charge in [-0.3, -0.25) is 0 Å². The fourth-order valence-electron chi connectivity index (χ4n) is 2.75. The summed E-state index contributed by atoms with van der Waals surface area (Å²) < 4.78 is 57.5. The topological polar surface area (TPSA) is 83.9 Å². The van der Waals surface area contributed by atoms with Crippen molar-refractivity contribution in [3.63, 3.8) is 0 Å². The molecule has 1 unspecified atom stereocenters. The Morgan fingerprint density at radius 3 is 1.76 bits per heavy atom. The Kier molecular flexibility index (Phi) is 6.14. The lowest BCUT2D eigenvalue weighted by Crippen LogP contribution is -2.39. The summed E-state index contributed by atoms with van der Waals surface area (Å²) in [5, 5.41) is 0. The van der Waals surface area contributed by atoms with Gasteiger partial charge in [0.05, 0.1) is 9.79 Å². The molecule has 6 nitrogen and oxygen atoms in total. The molecule has 0 saturated carbocycles. The lowest BCUT2D eigenvalue weighted by Gasteiger charge is -2.30. The van der Waals surface area contributed by atoms with Gasteiger partial charge in [-0.05, 0) is 52.0 Å². The SMILES string of the molecule is CC1=C(C)CS(=NS(=O)(=O)c2ccc(C)cc2)N(S(=O)(=O)c2ccc(C)cc2)C1. The number of rotatable bonds is 4. The van der Waals surface area contributed by atoms with E-state index in [1.807, 2.05) is 27.7 Å². The first-order valence-corrected chi connectivity index (χ1v) is 13.2. The molecule has 0 amide bonds. The Morgan fingerprint density at radius 2 is 1.24 bits per heavy atom. The molecule has 1 atom stereocenters. The molecule has 0 bridgehead atoms. The van der Waals surface area contributed by atoms with Gasteiger partial charge in [0.2, 0.25) is 0 Å². The van der Waals surface area contributed by atoms with Crippen LogP contribution in [0.3, 0.4) is 0 Å². The van der Waals surface area contributed by atoms with Gasteiger partial charge < -0.3 is 0 Å². The highest BCUT2D eigenvalue weighted by atomic mass is 32.3. The minimum atomic E-state index is -3.99. The minimum absolute atomic E-state index is 0.0622. The van der Waals surface area contributed by atoms with Crippen molar-refractivity contribution in [3.05, 3.63) is 70.8 Å². The van der Waals surface area contributed by atoms with Gasteiger partial charge >= 0.3 is 0 Å². The molecule has 2 aromatic carbocycles. The molecule has 1 aliphatic heterocycles. The van der Waals surface area contributed by atoms with Crippen LogP contribution in [-0.4, -0.2) is 32.8 Å². The Morgan fingerprint density at radius 1 is 0.759 bits per heavy atom. The van der Waals surface area contributed by atoms with Crippen LogP contribution < -0.4 is 0 Å². The molecule has 0 N–H and O–H groups in total. The van der Waals surface area contributed by atoms with E-state index < -0.39 is 30.9 Å². The third kappa shape index (κ3) is 4.69. The molecule has 0 aliphatic carbocycles. The normalized spacial score (nSPS) is 19.0. The smallest absolute Gasteiger partial charge is 0.206 e. The first-order chi connectivity index (χ1) is 13.5. The van der Waals surface area contributed by atoms with Gasteiger partial charge in [0.15, 0.2) is 0 Å². The fraction of sp³-hybridized carbons (Fsp3) is 0.300. The van der Waals surface area contributed by atoms with E-state index in [1.165, 1.54) is 15.8 Å². The third-order valence-corrected chi connectivity index (χ3v) is 11.0. The van der Waals surface area contributed by atoms with Crippen molar-refractivity contribution >= 4 is 30.9 Å². The van der Waals surface area contributed by atoms with E-state index in [-0.39, 0.29) is 22.1 Å². The highest BCUT2D eigenvalue weighted by molar-refractivity contribution is 8.06. The van der Waals surface area contributed by atoms with Crippen LogP contribution in [0.1, 0.15) is 25.0 Å². The Labute approximate surface area is 175 Å². The molecule has 29 heavy (non-hydrogen) atoms. The van der Waals surface area contributed by atoms with Crippen LogP contribution in [0.2, 0.25) is 0 Å². The van der Waals surface area contributed by atoms with E-state index in [1.54, 1.807) is 36.4 Å². The molecule has 1 heterocycles. The lowest BCUT2D eigenvalue weighted by atomic mass is 10.2. The van der Waals surface area contributed by atoms with Crippen molar-refractivity contribution in [2.75, 3.05) is 12.3 Å². The van der Waals surface area contributed by atoms with E-state index in [0.29, 0.717) is 0 Å². The van der Waals surface area contributed by atoms with E-state index >= 15 is 0 Å². The van der Waals surface area contributed by atoms with Gasteiger partial charge in [0.1, 0.15) is 0 Å². The first kappa shape index (κ1) is 21.9. The average Bonchev–Trinajstić information content (AvgIpc) is 2.65. The Balaban J connectivity index is 2.10. The number of hydrogen-bond acceptors (Lipinski definition) is 4. The highest BCUT2D eigenvalue weighted by Crippen LogP contribution is 2.28. The second-order valence-corrected chi connectivity index (χ2v) is 12.7. The summed E-state index contributed by atoms with van der Waals surface area (Å²) in [6.07, 6.45) is 0. The van der Waals surface area contributed by atoms with Crippen LogP contribution in [0.15, 0.2) is 73.2 Å². The molecule has 0 fully saturated rings. The summed E-state index contributed by atoms with van der Waals surface area (Å²) in [4.78, 5) is 0.197. The molecular weight excluding hydrogens is 428 g/mol. The summed E-state index contributed by atoms with van der Waals surface area (Å²) in [6, 6.07) is 12.9. The predicted molar refractivity (Wildman–Crippen MR) is 116 cm³/mol. The van der Waals surface area contributed by atoms with Gasteiger partial charge in [-0.15, -0.1) is 7.48 Å². The molecule has 1 aliphatic rings. The standard InChI is InChI=1S/C20H24N2O4S3/c1-15-5-9-19(10-6-15)28(23,24)21-27-14-18(4)17(3)13-22(27)29(25,26)20-11-7-16(2)8-12-20/h5-12H,13-14H2,1-4H3. The first-order valence-electron chi connectivity index (χ1n) is 9.01. The maximum absolute atomic E-state index is 13.3. The summed E-state index contributed by atoms with van der Waals surface area (Å²) >= 11 is 0.